The molecule has 0 aliphatic carbocycles. The molecule has 2 aromatic rings. The normalized spacial score (nSPS) is 18.4. The van der Waals surface area contributed by atoms with Crippen molar-refractivity contribution in [2.75, 3.05) is 18.0 Å². The Morgan fingerprint density at radius 1 is 1.21 bits per heavy atom. The Kier molecular flexibility index (Phi) is 6.29. The van der Waals surface area contributed by atoms with Gasteiger partial charge in [-0.25, -0.2) is 8.78 Å². The summed E-state index contributed by atoms with van der Waals surface area (Å²) in [4.78, 5) is 37.3. The van der Waals surface area contributed by atoms with Gasteiger partial charge in [0.2, 0.25) is 17.7 Å². The molecule has 0 spiro atoms. The first-order chi connectivity index (χ1) is 15.7. The van der Waals surface area contributed by atoms with E-state index in [-0.39, 0.29) is 36.8 Å². The van der Waals surface area contributed by atoms with Gasteiger partial charge in [0.15, 0.2) is 0 Å². The molecular formula is C23H19ClF2N4O3. The van der Waals surface area contributed by atoms with Gasteiger partial charge in [0, 0.05) is 35.8 Å². The first kappa shape index (κ1) is 22.7. The van der Waals surface area contributed by atoms with Crippen LogP contribution in [0.5, 0.6) is 0 Å². The van der Waals surface area contributed by atoms with Crippen molar-refractivity contribution in [2.45, 2.75) is 31.2 Å². The maximum absolute atomic E-state index is 14.7. The van der Waals surface area contributed by atoms with Crippen molar-refractivity contribution in [3.63, 3.8) is 0 Å². The van der Waals surface area contributed by atoms with Crippen LogP contribution in [0.15, 0.2) is 30.3 Å². The van der Waals surface area contributed by atoms with E-state index in [1.165, 1.54) is 6.07 Å². The highest BCUT2D eigenvalue weighted by atomic mass is 35.5. The molecular weight excluding hydrogens is 454 g/mol. The van der Waals surface area contributed by atoms with E-state index in [1.807, 2.05) is 6.07 Å². The smallest absolute Gasteiger partial charge is 0.234 e. The lowest BCUT2D eigenvalue weighted by atomic mass is 9.89. The molecule has 2 saturated heterocycles. The number of benzene rings is 2. The van der Waals surface area contributed by atoms with E-state index in [0.29, 0.717) is 34.9 Å². The van der Waals surface area contributed by atoms with Gasteiger partial charge >= 0.3 is 0 Å². The number of imide groups is 1. The fourth-order valence-electron chi connectivity index (χ4n) is 4.05. The Bertz CT molecular complexity index is 1170. The van der Waals surface area contributed by atoms with E-state index in [0.717, 1.165) is 12.1 Å². The summed E-state index contributed by atoms with van der Waals surface area (Å²) in [7, 11) is 0. The number of carbonyl (C=O) groups is 3. The van der Waals surface area contributed by atoms with E-state index >= 15 is 0 Å². The van der Waals surface area contributed by atoms with E-state index in [9.17, 15) is 23.2 Å². The minimum atomic E-state index is -1.05. The highest BCUT2D eigenvalue weighted by Gasteiger charge is 2.34. The molecule has 10 heteroatoms. The Morgan fingerprint density at radius 3 is 2.52 bits per heavy atom. The van der Waals surface area contributed by atoms with E-state index in [2.05, 4.69) is 10.6 Å². The van der Waals surface area contributed by atoms with Gasteiger partial charge in [-0.05, 0) is 36.2 Å². The highest BCUT2D eigenvalue weighted by Crippen LogP contribution is 2.33. The topological polar surface area (TPSA) is 102 Å². The Labute approximate surface area is 193 Å². The van der Waals surface area contributed by atoms with Crippen LogP contribution in [0.1, 0.15) is 35.4 Å². The van der Waals surface area contributed by atoms with Crippen LogP contribution in [0, 0.1) is 23.0 Å². The molecule has 33 heavy (non-hydrogen) atoms. The Hall–Kier alpha value is -3.51. The number of piperidine rings is 1. The summed E-state index contributed by atoms with van der Waals surface area (Å²) in [5.41, 5.74) is 0.967. The van der Waals surface area contributed by atoms with Crippen molar-refractivity contribution < 1.29 is 23.2 Å². The van der Waals surface area contributed by atoms with Crippen molar-refractivity contribution in [1.82, 2.24) is 10.6 Å². The van der Waals surface area contributed by atoms with Gasteiger partial charge in [0.05, 0.1) is 30.0 Å². The van der Waals surface area contributed by atoms with Gasteiger partial charge in [-0.15, -0.1) is 0 Å². The zero-order valence-electron chi connectivity index (χ0n) is 17.3. The maximum Gasteiger partial charge on any atom is 0.234 e. The number of carbonyl (C=O) groups excluding carboxylic acids is 3. The Morgan fingerprint density at radius 2 is 1.91 bits per heavy atom. The summed E-state index contributed by atoms with van der Waals surface area (Å²) in [6.45, 7) is 0.729. The van der Waals surface area contributed by atoms with Crippen LogP contribution in [-0.4, -0.2) is 36.9 Å². The fourth-order valence-corrected chi connectivity index (χ4v) is 4.30. The molecule has 2 fully saturated rings. The molecule has 170 valence electrons. The van der Waals surface area contributed by atoms with Gasteiger partial charge in [0.25, 0.3) is 0 Å². The second-order valence-corrected chi connectivity index (χ2v) is 8.50. The second-order valence-electron chi connectivity index (χ2n) is 8.09. The molecule has 0 saturated carbocycles. The number of hydrogen-bond acceptors (Lipinski definition) is 5. The molecule has 0 aromatic heterocycles. The molecule has 7 nitrogen and oxygen atoms in total. The molecule has 0 radical (unpaired) electrons. The summed E-state index contributed by atoms with van der Waals surface area (Å²) in [6, 6.07) is 8.81. The van der Waals surface area contributed by atoms with Crippen LogP contribution >= 0.6 is 11.6 Å². The first-order valence-electron chi connectivity index (χ1n) is 10.3. The predicted molar refractivity (Wildman–Crippen MR) is 115 cm³/mol. The fraction of sp³-hybridized carbons (Fsp3) is 0.304. The third-order valence-corrected chi connectivity index (χ3v) is 6.15. The SMILES string of the molecule is N#Cc1ccc(CC(=O)NC2CN(c3cc(F)c(C4CCC(=O)NC4=O)c(F)c3)C2)c(Cl)c1. The monoisotopic (exact) mass is 472 g/mol. The number of halogens is 3. The zero-order valence-corrected chi connectivity index (χ0v) is 18.1. The lowest BCUT2D eigenvalue weighted by molar-refractivity contribution is -0.134. The molecule has 4 rings (SSSR count). The lowest BCUT2D eigenvalue weighted by Gasteiger charge is -2.41. The summed E-state index contributed by atoms with van der Waals surface area (Å²) in [5.74, 6) is -4.15. The van der Waals surface area contributed by atoms with Crippen molar-refractivity contribution >= 4 is 35.0 Å². The zero-order chi connectivity index (χ0) is 23.7. The molecule has 2 aliphatic heterocycles. The molecule has 1 unspecified atom stereocenters. The second kappa shape index (κ2) is 9.16. The molecule has 3 amide bonds. The summed E-state index contributed by atoms with van der Waals surface area (Å²) >= 11 is 6.10. The van der Waals surface area contributed by atoms with Crippen molar-refractivity contribution in [1.29, 1.82) is 5.26 Å². The van der Waals surface area contributed by atoms with Gasteiger partial charge in [-0.2, -0.15) is 5.26 Å². The van der Waals surface area contributed by atoms with Crippen LogP contribution in [0.25, 0.3) is 0 Å². The predicted octanol–water partition coefficient (Wildman–Crippen LogP) is 2.56. The van der Waals surface area contributed by atoms with E-state index in [4.69, 9.17) is 16.9 Å². The third kappa shape index (κ3) is 4.81. The molecule has 2 N–H and O–H groups in total. The third-order valence-electron chi connectivity index (χ3n) is 5.80. The van der Waals surface area contributed by atoms with E-state index < -0.39 is 29.4 Å². The number of hydrogen-bond donors (Lipinski definition) is 2. The standard InChI is InChI=1S/C23H19ClF2N4O3/c24-17-5-12(9-27)1-2-13(17)6-21(32)28-14-10-30(11-14)15-7-18(25)22(19(26)8-15)16-3-4-20(31)29-23(16)33/h1-2,5,7-8,14,16H,3-4,6,10-11H2,(H,28,32)(H,29,31,33). The van der Waals surface area contributed by atoms with Crippen LogP contribution in [-0.2, 0) is 20.8 Å². The number of nitrogens with zero attached hydrogens (tertiary/aromatic N) is 2. The summed E-state index contributed by atoms with van der Waals surface area (Å²) < 4.78 is 29.4. The van der Waals surface area contributed by atoms with Gasteiger partial charge < -0.3 is 10.2 Å². The molecule has 1 atom stereocenters. The molecule has 2 aliphatic rings. The van der Waals surface area contributed by atoms with Crippen molar-refractivity contribution in [2.24, 2.45) is 0 Å². The van der Waals surface area contributed by atoms with Gasteiger partial charge in [-0.1, -0.05) is 17.7 Å². The van der Waals surface area contributed by atoms with Gasteiger partial charge in [-0.3, -0.25) is 19.7 Å². The minimum absolute atomic E-state index is 0.0260. The van der Waals surface area contributed by atoms with Crippen LogP contribution in [0.3, 0.4) is 0 Å². The largest absolute Gasteiger partial charge is 0.367 e. The van der Waals surface area contributed by atoms with Crippen molar-refractivity contribution in [3.05, 3.63) is 63.7 Å². The van der Waals surface area contributed by atoms with E-state index in [1.54, 1.807) is 17.0 Å². The van der Waals surface area contributed by atoms with Gasteiger partial charge in [0.1, 0.15) is 11.6 Å². The van der Waals surface area contributed by atoms with Crippen LogP contribution in [0.2, 0.25) is 5.02 Å². The van der Waals surface area contributed by atoms with Crippen LogP contribution < -0.4 is 15.5 Å². The van der Waals surface area contributed by atoms with Crippen LogP contribution in [0.4, 0.5) is 14.5 Å². The quantitative estimate of drug-likeness (QED) is 0.651. The minimum Gasteiger partial charge on any atom is -0.367 e. The number of amides is 3. The summed E-state index contributed by atoms with van der Waals surface area (Å²) in [5, 5.41) is 14.2. The Balaban J connectivity index is 1.35. The van der Waals surface area contributed by atoms with Crippen molar-refractivity contribution in [3.8, 4) is 6.07 Å². The maximum atomic E-state index is 14.7. The number of nitrogens with one attached hydrogen (secondary N) is 2. The highest BCUT2D eigenvalue weighted by molar-refractivity contribution is 6.31. The molecule has 0 bridgehead atoms. The first-order valence-corrected chi connectivity index (χ1v) is 10.7. The lowest BCUT2D eigenvalue weighted by Crippen LogP contribution is -2.59. The average Bonchev–Trinajstić information content (AvgIpc) is 2.72. The summed E-state index contributed by atoms with van der Waals surface area (Å²) in [6.07, 6.45) is 0.127. The number of nitriles is 1. The average molecular weight is 473 g/mol. The molecule has 2 heterocycles. The number of anilines is 1. The number of rotatable bonds is 5. The molecule has 2 aromatic carbocycles.